The van der Waals surface area contributed by atoms with Crippen LogP contribution in [-0.4, -0.2) is 43.2 Å². The molecule has 9 rings (SSSR count). The van der Waals surface area contributed by atoms with Crippen LogP contribution in [0, 0.1) is 181 Å². The van der Waals surface area contributed by atoms with E-state index in [-0.39, 0.29) is 5.75 Å². The molecule has 0 radical (unpaired) electrons. The number of aromatic nitrogens is 2. The van der Waals surface area contributed by atoms with Crippen molar-refractivity contribution in [3.05, 3.63) is 229 Å². The Hall–Kier alpha value is -8.01. The van der Waals surface area contributed by atoms with E-state index < -0.39 is 229 Å². The van der Waals surface area contributed by atoms with E-state index in [1.807, 2.05) is 24.3 Å². The van der Waals surface area contributed by atoms with Crippen molar-refractivity contribution in [2.24, 2.45) is 0 Å². The third-order valence-corrected chi connectivity index (χ3v) is 18.2. The molecule has 0 spiro atoms. The zero-order valence-electron chi connectivity index (χ0n) is 39.0. The molecule has 84 heavy (non-hydrogen) atoms. The molecule has 1 N–H and O–H groups in total. The van der Waals surface area contributed by atoms with Gasteiger partial charge < -0.3 is 9.79 Å². The fourth-order valence-electron chi connectivity index (χ4n) is 7.75. The van der Waals surface area contributed by atoms with Gasteiger partial charge in [0.25, 0.3) is 0 Å². The quantitative estimate of drug-likeness (QED) is 0.0568. The molecule has 0 fully saturated rings. The molecule has 7 aromatic carbocycles. The second-order valence-electron chi connectivity index (χ2n) is 16.3. The van der Waals surface area contributed by atoms with Crippen LogP contribution in [0.1, 0.15) is 0 Å². The van der Waals surface area contributed by atoms with Crippen molar-refractivity contribution in [3.63, 3.8) is 0 Å². The highest BCUT2D eigenvalue weighted by Gasteiger charge is 2.49. The van der Waals surface area contributed by atoms with E-state index in [1.54, 1.807) is 28.9 Å². The van der Waals surface area contributed by atoms with Crippen LogP contribution in [0.25, 0.3) is 16.9 Å². The normalized spacial score (nSPS) is 11.3. The minimum Gasteiger partial charge on any atom is -0.508 e. The summed E-state index contributed by atoms with van der Waals surface area (Å²) in [6.07, 6.45) is 3.06. The molecule has 35 heteroatoms. The number of halogens is 30. The standard InChI is InChI=1S/C13H9N2O.6C6F5.2Al/c16-12-6-4-11(5-7-12)15-9-8-10-2-1-3-13(10)14-15;6*7-2-1-3(8)5(10)6(11)4(2)9;;/h1-8,16H;;;;;;;;/q-1;;;;;;;;. The monoisotopic (exact) mass is 1260 g/mol. The largest absolute Gasteiger partial charge is 0.508 e. The van der Waals surface area contributed by atoms with E-state index in [2.05, 4.69) is 11.3 Å². The third kappa shape index (κ3) is 10.6. The van der Waals surface area contributed by atoms with Gasteiger partial charge in [0.05, 0.1) is 0 Å². The molecule has 2 aliphatic rings. The van der Waals surface area contributed by atoms with Crippen LogP contribution >= 0.6 is 0 Å². The summed E-state index contributed by atoms with van der Waals surface area (Å²) in [6, 6.07) is 14.7. The average Bonchev–Trinajstić information content (AvgIpc) is 1.31. The first-order valence-electron chi connectivity index (χ1n) is 21.4. The van der Waals surface area contributed by atoms with Crippen molar-refractivity contribution in [3.8, 4) is 22.7 Å². The maximum atomic E-state index is 14.4. The van der Waals surface area contributed by atoms with Gasteiger partial charge >= 0.3 is 28.3 Å². The van der Waals surface area contributed by atoms with Gasteiger partial charge in [0, 0.05) is 5.69 Å². The molecule has 0 bridgehead atoms. The topological polar surface area (TPSA) is 38.0 Å². The van der Waals surface area contributed by atoms with Gasteiger partial charge in [-0.05, 0) is 50.4 Å². The summed E-state index contributed by atoms with van der Waals surface area (Å²) in [7, 11) is 0. The molecule has 0 saturated carbocycles. The highest BCUT2D eigenvalue weighted by molar-refractivity contribution is 6.96. The van der Waals surface area contributed by atoms with Crippen molar-refractivity contribution >= 4 is 54.8 Å². The summed E-state index contributed by atoms with van der Waals surface area (Å²) in [5, 5.41) is 13.6. The smallest absolute Gasteiger partial charge is 0.413 e. The van der Waals surface area contributed by atoms with E-state index in [9.17, 15) is 137 Å². The molecule has 3 nitrogen and oxygen atoms in total. The number of phenols is 1. The van der Waals surface area contributed by atoms with Gasteiger partial charge in [-0.25, -0.2) is 137 Å². The highest BCUT2D eigenvalue weighted by atomic mass is 27.2. The van der Waals surface area contributed by atoms with Crippen LogP contribution < -0.4 is 26.6 Å². The second-order valence-corrected chi connectivity index (χ2v) is 21.5. The zero-order valence-corrected chi connectivity index (χ0v) is 41.3. The molecular formula is C49H9Al2F30N2O-. The average molecular weight is 1270 g/mol. The summed E-state index contributed by atoms with van der Waals surface area (Å²) in [4.78, 5) is 0. The molecule has 0 aromatic heterocycles. The van der Waals surface area contributed by atoms with Crippen LogP contribution in [0.4, 0.5) is 132 Å². The molecule has 0 unspecified atom stereocenters. The third-order valence-electron chi connectivity index (χ3n) is 11.7. The molecule has 1 heterocycles. The fourth-order valence-corrected chi connectivity index (χ4v) is 14.0. The lowest BCUT2D eigenvalue weighted by Gasteiger charge is -2.20. The lowest BCUT2D eigenvalue weighted by molar-refractivity contribution is 0.380. The summed E-state index contributed by atoms with van der Waals surface area (Å²) in [5.41, 5.74) is 2.89. The van der Waals surface area contributed by atoms with E-state index in [0.29, 0.717) is 0 Å². The predicted octanol–water partition coefficient (Wildman–Crippen LogP) is 11.1. The first-order chi connectivity index (χ1) is 39.1. The highest BCUT2D eigenvalue weighted by Crippen LogP contribution is 2.28. The summed E-state index contributed by atoms with van der Waals surface area (Å²) >= 11 is -11.9. The van der Waals surface area contributed by atoms with Crippen LogP contribution in [0.15, 0.2) is 48.5 Å². The van der Waals surface area contributed by atoms with E-state index in [4.69, 9.17) is 0 Å². The number of aromatic hydroxyl groups is 1. The molecule has 0 amide bonds. The van der Waals surface area contributed by atoms with Crippen LogP contribution in [0.3, 0.4) is 0 Å². The second kappa shape index (κ2) is 23.9. The lowest BCUT2D eigenvalue weighted by Crippen LogP contribution is -2.60. The summed E-state index contributed by atoms with van der Waals surface area (Å²) in [6.45, 7) is 0. The lowest BCUT2D eigenvalue weighted by atomic mass is 10.2. The van der Waals surface area contributed by atoms with Crippen molar-refractivity contribution in [2.45, 2.75) is 0 Å². The van der Waals surface area contributed by atoms with Crippen molar-refractivity contribution < 1.29 is 137 Å². The number of rotatable bonds is 7. The predicted molar refractivity (Wildman–Crippen MR) is 227 cm³/mol. The molecule has 438 valence electrons. The summed E-state index contributed by atoms with van der Waals surface area (Å²) < 4.78 is 404. The fraction of sp³-hybridized carbons (Fsp3) is 0. The number of phenolic OH excluding ortho intramolecular Hbond substituents is 1. The maximum Gasteiger partial charge on any atom is 0.413 e. The Labute approximate surface area is 452 Å². The van der Waals surface area contributed by atoms with Gasteiger partial charge in [0.15, 0.2) is 175 Å². The van der Waals surface area contributed by atoms with Gasteiger partial charge in [-0.15, -0.1) is 12.1 Å². The van der Waals surface area contributed by atoms with Gasteiger partial charge in [-0.3, -0.25) is 0 Å². The zero-order chi connectivity index (χ0) is 62.9. The molecule has 1 aliphatic heterocycles. The Morgan fingerprint density at radius 1 is 0.274 bits per heavy atom. The number of benzene rings is 7. The number of nitrogens with zero attached hydrogens (tertiary/aromatic N) is 2. The van der Waals surface area contributed by atoms with Gasteiger partial charge in [-0.1, -0.05) is 30.0 Å². The van der Waals surface area contributed by atoms with Crippen molar-refractivity contribution in [1.29, 1.82) is 0 Å². The van der Waals surface area contributed by atoms with Gasteiger partial charge in [0.1, 0.15) is 5.75 Å². The van der Waals surface area contributed by atoms with Crippen LogP contribution in [0.2, 0.25) is 0 Å². The number of fused-ring (bicyclic) bond motifs is 1. The van der Waals surface area contributed by atoms with E-state index in [1.165, 1.54) is 0 Å². The van der Waals surface area contributed by atoms with Crippen molar-refractivity contribution in [1.82, 2.24) is 9.78 Å². The molecule has 1 aliphatic carbocycles. The van der Waals surface area contributed by atoms with Gasteiger partial charge in [-0.2, -0.15) is 0 Å². The Bertz CT molecular complexity index is 3430. The number of hydrogen-bond acceptors (Lipinski definition) is 2. The minimum atomic E-state index is -5.96. The molecular weight excluding hydrogens is 1260 g/mol. The van der Waals surface area contributed by atoms with Crippen molar-refractivity contribution in [2.75, 3.05) is 0 Å². The Kier molecular flexibility index (Phi) is 18.1. The SMILES string of the molecule is Fc1c(F)c(F)[c]([Al]([c]2c(F)c(F)c(F)c(F)c2F)[c]2c(F)c(F)c(F)c(F)c2F)c(F)c1F.Fc1c(F)c(F)[c]([Al]([c]2c(F)c(F)c(F)c(F)c2F)[c]2c(F)c(F)c(F)c(F)c2F)c(F)c1F.Oc1ccc(-n2[c-]cc3cccc-3n2)cc1. The van der Waals surface area contributed by atoms with E-state index in [0.717, 1.165) is 16.9 Å². The molecule has 0 atom stereocenters. The van der Waals surface area contributed by atoms with Gasteiger partial charge in [0.2, 0.25) is 0 Å². The van der Waals surface area contributed by atoms with Crippen LogP contribution in [-0.2, 0) is 0 Å². The molecule has 0 saturated heterocycles. The Morgan fingerprint density at radius 2 is 0.476 bits per heavy atom. The Balaban J connectivity index is 0.000000192. The number of hydrogen-bond donors (Lipinski definition) is 1. The van der Waals surface area contributed by atoms with E-state index >= 15 is 0 Å². The maximum absolute atomic E-state index is 14.4. The van der Waals surface area contributed by atoms with Crippen LogP contribution in [0.5, 0.6) is 5.75 Å². The molecule has 7 aromatic rings. The summed E-state index contributed by atoms with van der Waals surface area (Å²) in [5.74, 6) is -88.9. The first-order valence-corrected chi connectivity index (χ1v) is 24.9. The minimum absolute atomic E-state index is 0.249. The Morgan fingerprint density at radius 3 is 0.690 bits per heavy atom. The first kappa shape index (κ1) is 63.6.